The fourth-order valence-corrected chi connectivity index (χ4v) is 3.28. The van der Waals surface area contributed by atoms with Crippen LogP contribution in [-0.4, -0.2) is 11.9 Å². The molecule has 2 aromatic carbocycles. The Morgan fingerprint density at radius 1 is 1.20 bits per heavy atom. The fraction of sp³-hybridized carbons (Fsp3) is 0.111. The standard InChI is InChI=1S/C18H15BrClN3O2/c1-10-15(17(24)22-14-8-3-2-7-13(14)20)16(23-18(25)21-10)11-5-4-6-12(19)9-11/h2-9,16H,1H3,(H,22,24)(H2,21,23,25)/t16-/m1/s1. The van der Waals surface area contributed by atoms with Crippen LogP contribution in [0, 0.1) is 0 Å². The van der Waals surface area contributed by atoms with Crippen LogP contribution in [0.4, 0.5) is 10.5 Å². The van der Waals surface area contributed by atoms with Gasteiger partial charge in [-0.25, -0.2) is 4.79 Å². The van der Waals surface area contributed by atoms with Crippen LogP contribution in [-0.2, 0) is 4.79 Å². The van der Waals surface area contributed by atoms with E-state index in [1.807, 2.05) is 24.3 Å². The minimum atomic E-state index is -0.561. The van der Waals surface area contributed by atoms with Gasteiger partial charge in [-0.1, -0.05) is 51.8 Å². The van der Waals surface area contributed by atoms with Gasteiger partial charge in [0.1, 0.15) is 0 Å². The van der Waals surface area contributed by atoms with Gasteiger partial charge in [0.15, 0.2) is 0 Å². The van der Waals surface area contributed by atoms with Crippen LogP contribution in [0.25, 0.3) is 0 Å². The van der Waals surface area contributed by atoms with E-state index in [-0.39, 0.29) is 11.9 Å². The summed E-state index contributed by atoms with van der Waals surface area (Å²) in [5.41, 5.74) is 2.24. The lowest BCUT2D eigenvalue weighted by molar-refractivity contribution is -0.113. The van der Waals surface area contributed by atoms with Gasteiger partial charge >= 0.3 is 6.03 Å². The highest BCUT2D eigenvalue weighted by atomic mass is 79.9. The van der Waals surface area contributed by atoms with Crippen LogP contribution < -0.4 is 16.0 Å². The molecule has 3 amide bonds. The number of allylic oxidation sites excluding steroid dienone is 1. The van der Waals surface area contributed by atoms with Gasteiger partial charge < -0.3 is 16.0 Å². The monoisotopic (exact) mass is 419 g/mol. The van der Waals surface area contributed by atoms with Crippen molar-refractivity contribution in [3.63, 3.8) is 0 Å². The molecule has 128 valence electrons. The maximum absolute atomic E-state index is 12.9. The first kappa shape index (κ1) is 17.5. The van der Waals surface area contributed by atoms with Crippen molar-refractivity contribution in [2.75, 3.05) is 5.32 Å². The first-order chi connectivity index (χ1) is 12.0. The molecule has 7 heteroatoms. The van der Waals surface area contributed by atoms with E-state index in [9.17, 15) is 9.59 Å². The molecule has 0 bridgehead atoms. The lowest BCUT2D eigenvalue weighted by atomic mass is 9.95. The van der Waals surface area contributed by atoms with Gasteiger partial charge in [0, 0.05) is 10.2 Å². The molecule has 1 atom stereocenters. The molecule has 0 saturated heterocycles. The Balaban J connectivity index is 1.97. The molecule has 3 rings (SSSR count). The van der Waals surface area contributed by atoms with E-state index in [1.54, 1.807) is 31.2 Å². The van der Waals surface area contributed by atoms with Gasteiger partial charge in [0.05, 0.1) is 22.3 Å². The average molecular weight is 421 g/mol. The predicted molar refractivity (Wildman–Crippen MR) is 101 cm³/mol. The largest absolute Gasteiger partial charge is 0.327 e. The zero-order valence-corrected chi connectivity index (χ0v) is 15.6. The van der Waals surface area contributed by atoms with Crippen LogP contribution in [0.15, 0.2) is 64.3 Å². The van der Waals surface area contributed by atoms with Crippen molar-refractivity contribution >= 4 is 45.2 Å². The number of carbonyl (C=O) groups is 2. The van der Waals surface area contributed by atoms with Crippen molar-refractivity contribution in [3.05, 3.63) is 74.9 Å². The lowest BCUT2D eigenvalue weighted by Crippen LogP contribution is -2.46. The Labute approximate surface area is 158 Å². The number of nitrogens with one attached hydrogen (secondary N) is 3. The highest BCUT2D eigenvalue weighted by Crippen LogP contribution is 2.30. The summed E-state index contributed by atoms with van der Waals surface area (Å²) in [6, 6.07) is 13.5. The Hall–Kier alpha value is -2.31. The molecular weight excluding hydrogens is 406 g/mol. The zero-order chi connectivity index (χ0) is 18.0. The first-order valence-electron chi connectivity index (χ1n) is 7.55. The Morgan fingerprint density at radius 3 is 2.68 bits per heavy atom. The summed E-state index contributed by atoms with van der Waals surface area (Å²) in [4.78, 5) is 24.8. The first-order valence-corrected chi connectivity index (χ1v) is 8.72. The molecule has 0 spiro atoms. The molecule has 5 nitrogen and oxygen atoms in total. The molecule has 0 radical (unpaired) electrons. The average Bonchev–Trinajstić information content (AvgIpc) is 2.56. The molecule has 0 saturated carbocycles. The molecule has 2 aromatic rings. The summed E-state index contributed by atoms with van der Waals surface area (Å²) < 4.78 is 0.862. The van der Waals surface area contributed by atoms with Gasteiger partial charge in [-0.2, -0.15) is 0 Å². The van der Waals surface area contributed by atoms with Gasteiger partial charge in [-0.3, -0.25) is 4.79 Å². The minimum absolute atomic E-state index is 0.330. The summed E-state index contributed by atoms with van der Waals surface area (Å²) in [5, 5.41) is 8.70. The Kier molecular flexibility index (Phi) is 5.11. The number of hydrogen-bond donors (Lipinski definition) is 3. The molecule has 25 heavy (non-hydrogen) atoms. The number of anilines is 1. The number of hydrogen-bond acceptors (Lipinski definition) is 2. The second kappa shape index (κ2) is 7.29. The normalized spacial score (nSPS) is 16.9. The van der Waals surface area contributed by atoms with E-state index in [1.165, 1.54) is 0 Å². The fourth-order valence-electron chi connectivity index (χ4n) is 2.68. The van der Waals surface area contributed by atoms with Gasteiger partial charge in [0.25, 0.3) is 5.91 Å². The van der Waals surface area contributed by atoms with Gasteiger partial charge in [-0.05, 0) is 36.8 Å². The predicted octanol–water partition coefficient (Wildman–Crippen LogP) is 4.37. The highest BCUT2D eigenvalue weighted by molar-refractivity contribution is 9.10. The molecule has 0 unspecified atom stereocenters. The second-order valence-electron chi connectivity index (χ2n) is 5.56. The van der Waals surface area contributed by atoms with Crippen LogP contribution in [0.1, 0.15) is 18.5 Å². The number of rotatable bonds is 3. The molecule has 1 aliphatic heterocycles. The van der Waals surface area contributed by atoms with Crippen LogP contribution in [0.3, 0.4) is 0 Å². The van der Waals surface area contributed by atoms with Crippen LogP contribution in [0.2, 0.25) is 5.02 Å². The summed E-state index contributed by atoms with van der Waals surface area (Å²) in [6.07, 6.45) is 0. The van der Waals surface area contributed by atoms with Crippen molar-refractivity contribution in [2.24, 2.45) is 0 Å². The zero-order valence-electron chi connectivity index (χ0n) is 13.3. The van der Waals surface area contributed by atoms with Crippen molar-refractivity contribution in [3.8, 4) is 0 Å². The topological polar surface area (TPSA) is 70.2 Å². The van der Waals surface area contributed by atoms with Gasteiger partial charge in [-0.15, -0.1) is 0 Å². The number of amides is 3. The number of urea groups is 1. The molecule has 0 fully saturated rings. The maximum atomic E-state index is 12.9. The maximum Gasteiger partial charge on any atom is 0.319 e. The molecule has 3 N–H and O–H groups in total. The van der Waals surface area contributed by atoms with E-state index in [0.29, 0.717) is 22.0 Å². The summed E-state index contributed by atoms with van der Waals surface area (Å²) in [5.74, 6) is -0.330. The lowest BCUT2D eigenvalue weighted by Gasteiger charge is -2.28. The Morgan fingerprint density at radius 2 is 1.96 bits per heavy atom. The van der Waals surface area contributed by atoms with Crippen molar-refractivity contribution in [1.82, 2.24) is 10.6 Å². The van der Waals surface area contributed by atoms with E-state index in [2.05, 4.69) is 31.9 Å². The van der Waals surface area contributed by atoms with E-state index < -0.39 is 6.04 Å². The van der Waals surface area contributed by atoms with Crippen LogP contribution in [0.5, 0.6) is 0 Å². The number of carbonyl (C=O) groups excluding carboxylic acids is 2. The Bertz CT molecular complexity index is 882. The summed E-state index contributed by atoms with van der Waals surface area (Å²) in [7, 11) is 0. The van der Waals surface area contributed by atoms with Crippen LogP contribution >= 0.6 is 27.5 Å². The smallest absolute Gasteiger partial charge is 0.319 e. The molecular formula is C18H15BrClN3O2. The number of halogens is 2. The van der Waals surface area contributed by atoms with Crippen molar-refractivity contribution in [2.45, 2.75) is 13.0 Å². The third-order valence-electron chi connectivity index (χ3n) is 3.82. The number of para-hydroxylation sites is 1. The number of benzene rings is 2. The van der Waals surface area contributed by atoms with E-state index in [0.717, 1.165) is 10.0 Å². The quantitative estimate of drug-likeness (QED) is 0.690. The molecule has 1 heterocycles. The second-order valence-corrected chi connectivity index (χ2v) is 6.88. The van der Waals surface area contributed by atoms with Gasteiger partial charge in [0.2, 0.25) is 0 Å². The summed E-state index contributed by atoms with van der Waals surface area (Å²) in [6.45, 7) is 1.70. The summed E-state index contributed by atoms with van der Waals surface area (Å²) >= 11 is 9.54. The van der Waals surface area contributed by atoms with Crippen molar-refractivity contribution < 1.29 is 9.59 Å². The highest BCUT2D eigenvalue weighted by Gasteiger charge is 2.31. The third kappa shape index (κ3) is 3.86. The molecule has 0 aliphatic carbocycles. The van der Waals surface area contributed by atoms with Crippen molar-refractivity contribution in [1.29, 1.82) is 0 Å². The van der Waals surface area contributed by atoms with E-state index in [4.69, 9.17) is 11.6 Å². The molecule has 1 aliphatic rings. The minimum Gasteiger partial charge on any atom is -0.327 e. The molecule has 0 aromatic heterocycles. The SMILES string of the molecule is CC1=C(C(=O)Nc2ccccc2Cl)[C@@H](c2cccc(Br)c2)NC(=O)N1. The third-order valence-corrected chi connectivity index (χ3v) is 4.64. The van der Waals surface area contributed by atoms with E-state index >= 15 is 0 Å².